The van der Waals surface area contributed by atoms with Crippen molar-refractivity contribution < 1.29 is 38.9 Å². The maximum atomic E-state index is 10.4. The third-order valence-corrected chi connectivity index (χ3v) is 7.51. The van der Waals surface area contributed by atoms with E-state index in [1.807, 2.05) is 6.92 Å². The molecule has 3 aromatic carbocycles. The molecule has 3 rings (SSSR count). The fourth-order valence-electron chi connectivity index (χ4n) is 2.27. The number of hydrogen-bond donors (Lipinski definition) is 0. The van der Waals surface area contributed by atoms with Crippen molar-refractivity contribution in [3.05, 3.63) is 91.6 Å². The van der Waals surface area contributed by atoms with Gasteiger partial charge in [0.15, 0.2) is 9.32 Å². The van der Waals surface area contributed by atoms with Crippen molar-refractivity contribution >= 4 is 10.1 Å². The predicted molar refractivity (Wildman–Crippen MR) is 110 cm³/mol. The Morgan fingerprint density at radius 2 is 1.52 bits per heavy atom. The van der Waals surface area contributed by atoms with Crippen molar-refractivity contribution in [3.63, 3.8) is 0 Å². The Bertz CT molecular complexity index is 971. The van der Waals surface area contributed by atoms with Crippen LogP contribution >= 0.6 is 0 Å². The van der Waals surface area contributed by atoms with Crippen molar-refractivity contribution in [2.75, 3.05) is 6.61 Å². The molecule has 0 aromatic heterocycles. The van der Waals surface area contributed by atoms with E-state index in [9.17, 15) is 13.0 Å². The van der Waals surface area contributed by atoms with Gasteiger partial charge in [-0.05, 0) is 49.7 Å². The average Bonchev–Trinajstić information content (AvgIpc) is 2.70. The van der Waals surface area contributed by atoms with Crippen LogP contribution in [0.3, 0.4) is 0 Å². The van der Waals surface area contributed by atoms with Crippen LogP contribution in [0.5, 0.6) is 5.75 Å². The molecule has 0 fully saturated rings. The zero-order valence-electron chi connectivity index (χ0n) is 16.5. The van der Waals surface area contributed by atoms with E-state index >= 15 is 0 Å². The first-order valence-corrected chi connectivity index (χ1v) is 12.9. The lowest BCUT2D eigenvalue weighted by Crippen LogP contribution is -3.61. The molecule has 0 aliphatic rings. The normalized spacial score (nSPS) is 10.7. The van der Waals surface area contributed by atoms with E-state index in [4.69, 9.17) is 4.74 Å². The monoisotopic (exact) mass is 524 g/mol. The van der Waals surface area contributed by atoms with E-state index in [1.165, 1.54) is 25.7 Å². The number of hydrogen-bond acceptors (Lipinski definition) is 4. The standard InChI is InChI=1S/C16H18IO.C7H8O3S/c1-2-3-13-18-16-12-8-7-11-15(16)17-14-9-5-4-6-10-14;1-6-2-4-7(5-3-6)11(8,9)10/h4-12H,2-3,13H2,1H3;2-5H,1H3,(H,8,9,10)/q+1;/p-1. The summed E-state index contributed by atoms with van der Waals surface area (Å²) in [4.78, 5) is -0.178. The molecule has 0 atom stereocenters. The van der Waals surface area contributed by atoms with Crippen molar-refractivity contribution in [1.29, 1.82) is 0 Å². The van der Waals surface area contributed by atoms with Gasteiger partial charge in [-0.3, -0.25) is 0 Å². The number of para-hydroxylation sites is 1. The second kappa shape index (κ2) is 11.9. The summed E-state index contributed by atoms with van der Waals surface area (Å²) >= 11 is -0.140. The third kappa shape index (κ3) is 8.55. The highest BCUT2D eigenvalue weighted by molar-refractivity contribution is 7.85. The van der Waals surface area contributed by atoms with E-state index < -0.39 is 10.1 Å². The number of halogens is 1. The van der Waals surface area contributed by atoms with Gasteiger partial charge in [0.2, 0.25) is 3.57 Å². The second-order valence-electron chi connectivity index (χ2n) is 6.29. The molecule has 0 heterocycles. The molecule has 154 valence electrons. The molecule has 0 saturated heterocycles. The minimum absolute atomic E-state index is 0.140. The Hall–Kier alpha value is -1.90. The Kier molecular flexibility index (Phi) is 9.63. The minimum atomic E-state index is -4.27. The molecule has 0 aliphatic carbocycles. The minimum Gasteiger partial charge on any atom is -0.744 e. The molecule has 0 aliphatic heterocycles. The third-order valence-electron chi connectivity index (χ3n) is 3.85. The van der Waals surface area contributed by atoms with Gasteiger partial charge in [-0.15, -0.1) is 0 Å². The second-order valence-corrected chi connectivity index (χ2v) is 10.6. The summed E-state index contributed by atoms with van der Waals surface area (Å²) in [6.07, 6.45) is 2.30. The molecule has 0 bridgehead atoms. The van der Waals surface area contributed by atoms with E-state index in [1.54, 1.807) is 12.1 Å². The Balaban J connectivity index is 0.000000234. The first-order valence-electron chi connectivity index (χ1n) is 9.34. The van der Waals surface area contributed by atoms with Gasteiger partial charge < -0.3 is 9.29 Å². The summed E-state index contributed by atoms with van der Waals surface area (Å²) in [5, 5.41) is 0. The SMILES string of the molecule is CCCCOc1ccccc1[I+]c1ccccc1.Cc1ccc(S(=O)(=O)[O-])cc1. The van der Waals surface area contributed by atoms with Gasteiger partial charge >= 0.3 is 21.2 Å². The molecule has 0 spiro atoms. The van der Waals surface area contributed by atoms with E-state index in [0.717, 1.165) is 24.3 Å². The number of aryl methyl sites for hydroxylation is 1. The summed E-state index contributed by atoms with van der Waals surface area (Å²) in [5.41, 5.74) is 0.928. The molecule has 29 heavy (non-hydrogen) atoms. The van der Waals surface area contributed by atoms with E-state index in [-0.39, 0.29) is 26.1 Å². The van der Waals surface area contributed by atoms with Crippen LogP contribution in [0.4, 0.5) is 0 Å². The molecule has 3 aromatic rings. The number of unbranched alkanes of at least 4 members (excludes halogenated alkanes) is 1. The van der Waals surface area contributed by atoms with Gasteiger partial charge in [-0.25, -0.2) is 8.42 Å². The fraction of sp³-hybridized carbons (Fsp3) is 0.217. The molecular weight excluding hydrogens is 499 g/mol. The van der Waals surface area contributed by atoms with Crippen LogP contribution in [0.25, 0.3) is 0 Å². The average molecular weight is 524 g/mol. The van der Waals surface area contributed by atoms with Crippen LogP contribution in [-0.4, -0.2) is 19.6 Å². The summed E-state index contributed by atoms with van der Waals surface area (Å²) in [7, 11) is -4.27. The maximum absolute atomic E-state index is 10.4. The van der Waals surface area contributed by atoms with Crippen LogP contribution in [0.1, 0.15) is 25.3 Å². The molecule has 0 N–H and O–H groups in total. The van der Waals surface area contributed by atoms with E-state index in [2.05, 4.69) is 61.5 Å². The van der Waals surface area contributed by atoms with Crippen molar-refractivity contribution in [2.24, 2.45) is 0 Å². The summed E-state index contributed by atoms with van der Waals surface area (Å²) < 4.78 is 39.8. The van der Waals surface area contributed by atoms with Crippen LogP contribution in [0.15, 0.2) is 83.8 Å². The molecule has 6 heteroatoms. The lowest BCUT2D eigenvalue weighted by atomic mass is 10.2. The quantitative estimate of drug-likeness (QED) is 0.269. The molecular formula is C23H25IO4S. The van der Waals surface area contributed by atoms with Crippen molar-refractivity contribution in [3.8, 4) is 5.75 Å². The topological polar surface area (TPSA) is 66.4 Å². The first kappa shape index (κ1) is 23.4. The molecule has 0 amide bonds. The largest absolute Gasteiger partial charge is 0.744 e. The van der Waals surface area contributed by atoms with Gasteiger partial charge in [0.05, 0.1) is 11.5 Å². The molecule has 0 saturated carbocycles. The highest BCUT2D eigenvalue weighted by Crippen LogP contribution is 2.10. The summed E-state index contributed by atoms with van der Waals surface area (Å²) in [5.74, 6) is 1.07. The first-order chi connectivity index (χ1) is 13.9. The molecule has 4 nitrogen and oxygen atoms in total. The van der Waals surface area contributed by atoms with E-state index in [0.29, 0.717) is 0 Å². The van der Waals surface area contributed by atoms with Gasteiger partial charge in [-0.1, -0.05) is 61.4 Å². The smallest absolute Gasteiger partial charge is 0.362 e. The zero-order valence-corrected chi connectivity index (χ0v) is 19.5. The number of ether oxygens (including phenoxy) is 1. The summed E-state index contributed by atoms with van der Waals surface area (Å²) in [6.45, 7) is 4.83. The fourth-order valence-corrected chi connectivity index (χ4v) is 5.17. The number of rotatable bonds is 7. The van der Waals surface area contributed by atoms with Crippen molar-refractivity contribution in [2.45, 2.75) is 31.6 Å². The van der Waals surface area contributed by atoms with Gasteiger partial charge in [0.1, 0.15) is 10.1 Å². The predicted octanol–water partition coefficient (Wildman–Crippen LogP) is 1.89. The van der Waals surface area contributed by atoms with Crippen LogP contribution in [0.2, 0.25) is 0 Å². The van der Waals surface area contributed by atoms with Gasteiger partial charge in [0, 0.05) is 0 Å². The van der Waals surface area contributed by atoms with Crippen LogP contribution in [-0.2, 0) is 10.1 Å². The van der Waals surface area contributed by atoms with Crippen molar-refractivity contribution in [1.82, 2.24) is 0 Å². The Morgan fingerprint density at radius 3 is 2.14 bits per heavy atom. The summed E-state index contributed by atoms with van der Waals surface area (Å²) in [6, 6.07) is 24.9. The Morgan fingerprint density at radius 1 is 0.897 bits per heavy atom. The molecule has 0 radical (unpaired) electrons. The molecule has 0 unspecified atom stereocenters. The lowest BCUT2D eigenvalue weighted by molar-refractivity contribution is -0.598. The number of benzene rings is 3. The Labute approximate surface area is 184 Å². The highest BCUT2D eigenvalue weighted by atomic mass is 127. The lowest BCUT2D eigenvalue weighted by Gasteiger charge is -2.05. The van der Waals surface area contributed by atoms with Gasteiger partial charge in [-0.2, -0.15) is 0 Å². The highest BCUT2D eigenvalue weighted by Gasteiger charge is 2.20. The zero-order chi connectivity index (χ0) is 21.1. The van der Waals surface area contributed by atoms with Gasteiger partial charge in [0.25, 0.3) is 0 Å². The van der Waals surface area contributed by atoms with Crippen LogP contribution in [0, 0.1) is 14.1 Å². The van der Waals surface area contributed by atoms with Crippen LogP contribution < -0.4 is 25.9 Å². The maximum Gasteiger partial charge on any atom is 0.362 e.